The van der Waals surface area contributed by atoms with Crippen molar-refractivity contribution in [1.82, 2.24) is 4.98 Å². The number of aromatic nitrogens is 1. The van der Waals surface area contributed by atoms with Crippen molar-refractivity contribution in [1.29, 1.82) is 0 Å². The molecule has 1 aromatic heterocycles. The van der Waals surface area contributed by atoms with Gasteiger partial charge >= 0.3 is 13.3 Å². The molecule has 0 aliphatic carbocycles. The Bertz CT molecular complexity index is 599. The zero-order valence-corrected chi connectivity index (χ0v) is 9.36. The van der Waals surface area contributed by atoms with E-state index in [4.69, 9.17) is 10.0 Å². The predicted octanol–water partition coefficient (Wildman–Crippen LogP) is 1.24. The summed E-state index contributed by atoms with van der Waals surface area (Å²) in [7, 11) is -1.97. The number of alkyl halides is 3. The van der Waals surface area contributed by atoms with Crippen molar-refractivity contribution in [2.45, 2.75) is 13.1 Å². The summed E-state index contributed by atoms with van der Waals surface area (Å²) < 4.78 is 37.8. The SMILES string of the molecule is Cc1ccc2nc(C(F)(F)F)cc(B(O)O)c2c1. The number of hydrogen-bond donors (Lipinski definition) is 2. The Hall–Kier alpha value is -1.60. The fraction of sp³-hybridized carbons (Fsp3) is 0.182. The highest BCUT2D eigenvalue weighted by atomic mass is 19.4. The third-order valence-corrected chi connectivity index (χ3v) is 2.56. The van der Waals surface area contributed by atoms with Gasteiger partial charge in [0.05, 0.1) is 5.52 Å². The fourth-order valence-corrected chi connectivity index (χ4v) is 1.72. The van der Waals surface area contributed by atoms with Crippen LogP contribution in [0.5, 0.6) is 0 Å². The molecule has 0 saturated heterocycles. The Morgan fingerprint density at radius 3 is 2.39 bits per heavy atom. The van der Waals surface area contributed by atoms with E-state index in [1.807, 2.05) is 0 Å². The number of nitrogens with zero attached hydrogens (tertiary/aromatic N) is 1. The molecule has 0 unspecified atom stereocenters. The van der Waals surface area contributed by atoms with Crippen molar-refractivity contribution < 1.29 is 23.2 Å². The third-order valence-electron chi connectivity index (χ3n) is 2.56. The molecule has 7 heteroatoms. The van der Waals surface area contributed by atoms with Crippen molar-refractivity contribution in [3.63, 3.8) is 0 Å². The maximum atomic E-state index is 12.6. The van der Waals surface area contributed by atoms with Gasteiger partial charge in [-0.25, -0.2) is 4.98 Å². The molecule has 2 aromatic rings. The van der Waals surface area contributed by atoms with Gasteiger partial charge in [-0.1, -0.05) is 17.7 Å². The second-order valence-electron chi connectivity index (χ2n) is 3.99. The van der Waals surface area contributed by atoms with E-state index in [0.717, 1.165) is 5.56 Å². The summed E-state index contributed by atoms with van der Waals surface area (Å²) in [6.07, 6.45) is -4.62. The summed E-state index contributed by atoms with van der Waals surface area (Å²) >= 11 is 0. The number of fused-ring (bicyclic) bond motifs is 1. The maximum absolute atomic E-state index is 12.6. The Morgan fingerprint density at radius 2 is 1.83 bits per heavy atom. The first kappa shape index (κ1) is 12.9. The molecular weight excluding hydrogens is 246 g/mol. The quantitative estimate of drug-likeness (QED) is 0.754. The van der Waals surface area contributed by atoms with Crippen LogP contribution < -0.4 is 5.46 Å². The van der Waals surface area contributed by atoms with Crippen LogP contribution in [0, 0.1) is 6.92 Å². The first-order valence-corrected chi connectivity index (χ1v) is 5.13. The zero-order chi connectivity index (χ0) is 13.5. The minimum atomic E-state index is -4.62. The van der Waals surface area contributed by atoms with Crippen molar-refractivity contribution in [2.75, 3.05) is 0 Å². The molecule has 0 aliphatic rings. The van der Waals surface area contributed by atoms with Gasteiger partial charge in [0.1, 0.15) is 5.69 Å². The van der Waals surface area contributed by atoms with Crippen molar-refractivity contribution in [3.8, 4) is 0 Å². The zero-order valence-electron chi connectivity index (χ0n) is 9.36. The van der Waals surface area contributed by atoms with Crippen LogP contribution in [0.1, 0.15) is 11.3 Å². The van der Waals surface area contributed by atoms with Crippen LogP contribution in [0.3, 0.4) is 0 Å². The second-order valence-corrected chi connectivity index (χ2v) is 3.99. The Labute approximate surface area is 101 Å². The fourth-order valence-electron chi connectivity index (χ4n) is 1.72. The molecule has 0 aliphatic heterocycles. The third kappa shape index (κ3) is 2.32. The number of halogens is 3. The highest BCUT2D eigenvalue weighted by Gasteiger charge is 2.34. The number of rotatable bonds is 1. The number of benzene rings is 1. The van der Waals surface area contributed by atoms with E-state index in [0.29, 0.717) is 11.5 Å². The van der Waals surface area contributed by atoms with Crippen LogP contribution in [-0.2, 0) is 6.18 Å². The van der Waals surface area contributed by atoms with Gasteiger partial charge in [-0.2, -0.15) is 13.2 Å². The van der Waals surface area contributed by atoms with Crippen LogP contribution in [0.15, 0.2) is 24.3 Å². The normalized spacial score (nSPS) is 11.9. The molecule has 0 fully saturated rings. The second kappa shape index (κ2) is 4.26. The number of aryl methyl sites for hydroxylation is 1. The van der Waals surface area contributed by atoms with Crippen LogP contribution >= 0.6 is 0 Å². The molecule has 18 heavy (non-hydrogen) atoms. The predicted molar refractivity (Wildman–Crippen MR) is 61.3 cm³/mol. The summed E-state index contributed by atoms with van der Waals surface area (Å²) in [5.74, 6) is 0. The average Bonchev–Trinajstić information content (AvgIpc) is 2.25. The van der Waals surface area contributed by atoms with Gasteiger partial charge in [-0.3, -0.25) is 0 Å². The smallest absolute Gasteiger partial charge is 0.423 e. The molecule has 0 spiro atoms. The lowest BCUT2D eigenvalue weighted by molar-refractivity contribution is -0.140. The van der Waals surface area contributed by atoms with Crippen molar-refractivity contribution in [2.24, 2.45) is 0 Å². The van der Waals surface area contributed by atoms with Gasteiger partial charge in [0.25, 0.3) is 0 Å². The highest BCUT2D eigenvalue weighted by Crippen LogP contribution is 2.28. The molecule has 0 amide bonds. The monoisotopic (exact) mass is 255 g/mol. The topological polar surface area (TPSA) is 53.4 Å². The molecule has 3 nitrogen and oxygen atoms in total. The van der Waals surface area contributed by atoms with E-state index in [1.165, 1.54) is 6.07 Å². The van der Waals surface area contributed by atoms with Gasteiger partial charge in [-0.05, 0) is 24.5 Å². The molecule has 2 N–H and O–H groups in total. The van der Waals surface area contributed by atoms with E-state index < -0.39 is 19.0 Å². The van der Waals surface area contributed by atoms with Crippen LogP contribution in [0.2, 0.25) is 0 Å². The van der Waals surface area contributed by atoms with Gasteiger partial charge < -0.3 is 10.0 Å². The molecule has 2 rings (SSSR count). The molecule has 0 saturated carbocycles. The minimum absolute atomic E-state index is 0.0820. The summed E-state index contributed by atoms with van der Waals surface area (Å²) in [5, 5.41) is 18.6. The van der Waals surface area contributed by atoms with Gasteiger partial charge in [0.2, 0.25) is 0 Å². The standard InChI is InChI=1S/C11H9BF3NO2/c1-6-2-3-9-7(4-6)8(12(17)18)5-10(16-9)11(13,14)15/h2-5,17-18H,1H3. The van der Waals surface area contributed by atoms with Gasteiger partial charge in [0, 0.05) is 5.39 Å². The number of pyridine rings is 1. The molecule has 0 radical (unpaired) electrons. The lowest BCUT2D eigenvalue weighted by Crippen LogP contribution is -2.32. The van der Waals surface area contributed by atoms with Crippen molar-refractivity contribution in [3.05, 3.63) is 35.5 Å². The summed E-state index contributed by atoms with van der Waals surface area (Å²) in [5.41, 5.74) is -0.456. The molecule has 1 heterocycles. The largest absolute Gasteiger partial charge is 0.489 e. The molecular formula is C11H9BF3NO2. The molecule has 1 aromatic carbocycles. The lowest BCUT2D eigenvalue weighted by atomic mass is 9.77. The Morgan fingerprint density at radius 1 is 1.17 bits per heavy atom. The summed E-state index contributed by atoms with van der Waals surface area (Å²) in [6.45, 7) is 1.75. The molecule has 94 valence electrons. The highest BCUT2D eigenvalue weighted by molar-refractivity contribution is 6.61. The molecule has 0 bridgehead atoms. The van der Waals surface area contributed by atoms with E-state index in [9.17, 15) is 13.2 Å². The first-order valence-electron chi connectivity index (χ1n) is 5.13. The lowest BCUT2D eigenvalue weighted by Gasteiger charge is -2.11. The van der Waals surface area contributed by atoms with Crippen LogP contribution in [0.25, 0.3) is 10.9 Å². The van der Waals surface area contributed by atoms with Crippen LogP contribution in [-0.4, -0.2) is 22.2 Å². The van der Waals surface area contributed by atoms with Crippen LogP contribution in [0.4, 0.5) is 13.2 Å². The summed E-state index contributed by atoms with van der Waals surface area (Å²) in [4.78, 5) is 3.48. The van der Waals surface area contributed by atoms with E-state index in [2.05, 4.69) is 4.98 Å². The van der Waals surface area contributed by atoms with Gasteiger partial charge in [-0.15, -0.1) is 0 Å². The van der Waals surface area contributed by atoms with E-state index in [-0.39, 0.29) is 11.0 Å². The summed E-state index contributed by atoms with van der Waals surface area (Å²) in [6, 6.07) is 5.26. The van der Waals surface area contributed by atoms with E-state index >= 15 is 0 Å². The first-order chi connectivity index (χ1) is 8.29. The average molecular weight is 255 g/mol. The number of hydrogen-bond acceptors (Lipinski definition) is 3. The van der Waals surface area contributed by atoms with Gasteiger partial charge in [0.15, 0.2) is 0 Å². The minimum Gasteiger partial charge on any atom is -0.423 e. The Kier molecular flexibility index (Phi) is 3.04. The van der Waals surface area contributed by atoms with E-state index in [1.54, 1.807) is 19.1 Å². The Balaban J connectivity index is 2.79. The molecule has 0 atom stereocenters. The maximum Gasteiger partial charge on any atom is 0.489 e. The van der Waals surface area contributed by atoms with Crippen molar-refractivity contribution >= 4 is 23.5 Å².